The van der Waals surface area contributed by atoms with Gasteiger partial charge in [-0.1, -0.05) is 0 Å². The molecule has 1 aromatic rings. The minimum atomic E-state index is -0.0824. The van der Waals surface area contributed by atoms with Crippen LogP contribution in [0.25, 0.3) is 0 Å². The lowest BCUT2D eigenvalue weighted by Crippen LogP contribution is -2.47. The molecule has 0 spiro atoms. The van der Waals surface area contributed by atoms with Crippen LogP contribution in [0.4, 0.5) is 0 Å². The number of rotatable bonds is 4. The number of hydrogen-bond acceptors (Lipinski definition) is 4. The van der Waals surface area contributed by atoms with Gasteiger partial charge in [0.15, 0.2) is 0 Å². The van der Waals surface area contributed by atoms with Crippen molar-refractivity contribution in [1.82, 2.24) is 25.7 Å². The number of aryl methyl sites for hydroxylation is 1. The molecule has 0 bridgehead atoms. The average molecular weight is 279 g/mol. The third kappa shape index (κ3) is 3.57. The van der Waals surface area contributed by atoms with Gasteiger partial charge in [0.25, 0.3) is 5.91 Å². The molecule has 20 heavy (non-hydrogen) atoms. The second-order valence-electron chi connectivity index (χ2n) is 5.11. The van der Waals surface area contributed by atoms with Crippen LogP contribution in [0.5, 0.6) is 0 Å². The molecule has 7 heteroatoms. The van der Waals surface area contributed by atoms with E-state index in [0.717, 1.165) is 31.6 Å². The number of nitrogens with one attached hydrogen (secondary N) is 3. The van der Waals surface area contributed by atoms with E-state index in [1.54, 1.807) is 13.2 Å². The first-order valence-electron chi connectivity index (χ1n) is 6.84. The Morgan fingerprint density at radius 3 is 2.70 bits per heavy atom. The smallest absolute Gasteiger partial charge is 0.254 e. The second-order valence-corrected chi connectivity index (χ2v) is 5.11. The third-order valence-electron chi connectivity index (χ3n) is 3.64. The number of carbonyl (C=O) groups is 2. The number of carbonyl (C=O) groups excluding carboxylic acids is 2. The van der Waals surface area contributed by atoms with Crippen molar-refractivity contribution in [2.75, 3.05) is 26.7 Å². The highest BCUT2D eigenvalue weighted by Gasteiger charge is 2.23. The van der Waals surface area contributed by atoms with E-state index in [0.29, 0.717) is 12.1 Å². The number of nitrogens with zero attached hydrogens (tertiary/aromatic N) is 2. The minimum absolute atomic E-state index is 0.0292. The summed E-state index contributed by atoms with van der Waals surface area (Å²) in [5.74, 6) is -0.0532. The van der Waals surface area contributed by atoms with Crippen molar-refractivity contribution >= 4 is 11.8 Å². The number of likely N-dealkylation sites (N-methyl/N-ethyl adjacent to an activating group) is 1. The normalized spacial score (nSPS) is 16.9. The van der Waals surface area contributed by atoms with E-state index in [2.05, 4.69) is 25.7 Å². The zero-order chi connectivity index (χ0) is 14.5. The van der Waals surface area contributed by atoms with Crippen LogP contribution in [0.15, 0.2) is 6.20 Å². The fourth-order valence-electron chi connectivity index (χ4n) is 2.36. The van der Waals surface area contributed by atoms with Crippen molar-refractivity contribution in [3.05, 3.63) is 17.5 Å². The number of aromatic nitrogens is 2. The first kappa shape index (κ1) is 14.5. The quantitative estimate of drug-likeness (QED) is 0.703. The highest BCUT2D eigenvalue weighted by molar-refractivity contribution is 5.95. The molecule has 2 rings (SSSR count). The summed E-state index contributed by atoms with van der Waals surface area (Å²) in [6, 6.07) is 0.165. The maximum atomic E-state index is 12.1. The number of hydrogen-bond donors (Lipinski definition) is 3. The Morgan fingerprint density at radius 1 is 1.45 bits per heavy atom. The first-order chi connectivity index (χ1) is 9.60. The largest absolute Gasteiger partial charge is 0.358 e. The molecule has 0 aliphatic carbocycles. The van der Waals surface area contributed by atoms with Crippen molar-refractivity contribution in [3.63, 3.8) is 0 Å². The summed E-state index contributed by atoms with van der Waals surface area (Å²) in [6.07, 6.45) is 3.27. The van der Waals surface area contributed by atoms with Gasteiger partial charge in [0.05, 0.1) is 18.3 Å². The maximum absolute atomic E-state index is 12.1. The Labute approximate surface area is 118 Å². The zero-order valence-electron chi connectivity index (χ0n) is 11.9. The summed E-state index contributed by atoms with van der Waals surface area (Å²) in [6.45, 7) is 3.90. The SMILES string of the molecule is CNC(=O)CN1CCC(NC(=O)c2cn[nH]c2C)CC1. The number of likely N-dealkylation sites (tertiary alicyclic amines) is 1. The second kappa shape index (κ2) is 6.51. The predicted molar refractivity (Wildman–Crippen MR) is 74.3 cm³/mol. The number of aromatic amines is 1. The third-order valence-corrected chi connectivity index (χ3v) is 3.64. The first-order valence-corrected chi connectivity index (χ1v) is 6.84. The predicted octanol–water partition coefficient (Wildman–Crippen LogP) is -0.342. The van der Waals surface area contributed by atoms with Gasteiger partial charge in [-0.15, -0.1) is 0 Å². The van der Waals surface area contributed by atoms with Crippen molar-refractivity contribution < 1.29 is 9.59 Å². The summed E-state index contributed by atoms with van der Waals surface area (Å²) in [4.78, 5) is 25.5. The lowest BCUT2D eigenvalue weighted by atomic mass is 10.0. The fraction of sp³-hybridized carbons (Fsp3) is 0.615. The summed E-state index contributed by atoms with van der Waals surface area (Å²) >= 11 is 0. The Morgan fingerprint density at radius 2 is 2.15 bits per heavy atom. The van der Waals surface area contributed by atoms with Gasteiger partial charge in [-0.05, 0) is 19.8 Å². The molecular weight excluding hydrogens is 258 g/mol. The molecule has 1 aromatic heterocycles. The van der Waals surface area contributed by atoms with E-state index in [1.165, 1.54) is 0 Å². The van der Waals surface area contributed by atoms with E-state index in [4.69, 9.17) is 0 Å². The maximum Gasteiger partial charge on any atom is 0.254 e. The fourth-order valence-corrected chi connectivity index (χ4v) is 2.36. The standard InChI is InChI=1S/C13H21N5O2/c1-9-11(7-15-17-9)13(20)16-10-3-5-18(6-4-10)8-12(19)14-2/h7,10H,3-6,8H2,1-2H3,(H,14,19)(H,15,17)(H,16,20). The molecule has 0 unspecified atom stereocenters. The van der Waals surface area contributed by atoms with Gasteiger partial charge in [0, 0.05) is 31.9 Å². The number of H-pyrrole nitrogens is 1. The molecule has 1 aliphatic heterocycles. The molecular formula is C13H21N5O2. The zero-order valence-corrected chi connectivity index (χ0v) is 11.9. The molecule has 0 radical (unpaired) electrons. The summed E-state index contributed by atoms with van der Waals surface area (Å²) < 4.78 is 0. The molecule has 1 saturated heterocycles. The number of piperidine rings is 1. The molecule has 110 valence electrons. The van der Waals surface area contributed by atoms with Gasteiger partial charge in [-0.2, -0.15) is 5.10 Å². The summed E-state index contributed by atoms with van der Waals surface area (Å²) in [7, 11) is 1.64. The molecule has 0 aromatic carbocycles. The molecule has 2 amide bonds. The van der Waals surface area contributed by atoms with Crippen LogP contribution in [0.2, 0.25) is 0 Å². The van der Waals surface area contributed by atoms with Gasteiger partial charge in [-0.25, -0.2) is 0 Å². The van der Waals surface area contributed by atoms with Crippen LogP contribution in [0.1, 0.15) is 28.9 Å². The Balaban J connectivity index is 1.79. The molecule has 2 heterocycles. The Kier molecular flexibility index (Phi) is 4.73. The molecule has 0 saturated carbocycles. The van der Waals surface area contributed by atoms with Gasteiger partial charge < -0.3 is 10.6 Å². The number of amides is 2. The van der Waals surface area contributed by atoms with E-state index >= 15 is 0 Å². The Bertz CT molecular complexity index is 477. The van der Waals surface area contributed by atoms with Gasteiger partial charge in [0.1, 0.15) is 0 Å². The molecule has 7 nitrogen and oxygen atoms in total. The van der Waals surface area contributed by atoms with Crippen LogP contribution in [0.3, 0.4) is 0 Å². The highest BCUT2D eigenvalue weighted by Crippen LogP contribution is 2.11. The van der Waals surface area contributed by atoms with E-state index in [-0.39, 0.29) is 17.9 Å². The Hall–Kier alpha value is -1.89. The lowest BCUT2D eigenvalue weighted by Gasteiger charge is -2.31. The van der Waals surface area contributed by atoms with Crippen LogP contribution in [-0.4, -0.2) is 59.6 Å². The molecule has 0 atom stereocenters. The molecule has 1 aliphatic rings. The van der Waals surface area contributed by atoms with Crippen molar-refractivity contribution in [2.45, 2.75) is 25.8 Å². The van der Waals surface area contributed by atoms with Crippen LogP contribution < -0.4 is 10.6 Å². The topological polar surface area (TPSA) is 90.1 Å². The van der Waals surface area contributed by atoms with Gasteiger partial charge >= 0.3 is 0 Å². The van der Waals surface area contributed by atoms with E-state index in [1.807, 2.05) is 6.92 Å². The summed E-state index contributed by atoms with van der Waals surface area (Å²) in [5.41, 5.74) is 1.37. The van der Waals surface area contributed by atoms with E-state index in [9.17, 15) is 9.59 Å². The van der Waals surface area contributed by atoms with Gasteiger partial charge in [-0.3, -0.25) is 19.6 Å². The molecule has 3 N–H and O–H groups in total. The highest BCUT2D eigenvalue weighted by atomic mass is 16.2. The molecule has 1 fully saturated rings. The lowest BCUT2D eigenvalue weighted by molar-refractivity contribution is -0.122. The monoisotopic (exact) mass is 279 g/mol. The van der Waals surface area contributed by atoms with Crippen molar-refractivity contribution in [2.24, 2.45) is 0 Å². The van der Waals surface area contributed by atoms with Crippen LogP contribution in [-0.2, 0) is 4.79 Å². The minimum Gasteiger partial charge on any atom is -0.358 e. The average Bonchev–Trinajstić information content (AvgIpc) is 2.87. The summed E-state index contributed by atoms with van der Waals surface area (Å²) in [5, 5.41) is 12.3. The van der Waals surface area contributed by atoms with Crippen molar-refractivity contribution in [3.8, 4) is 0 Å². The van der Waals surface area contributed by atoms with E-state index < -0.39 is 0 Å². The van der Waals surface area contributed by atoms with Gasteiger partial charge in [0.2, 0.25) is 5.91 Å². The van der Waals surface area contributed by atoms with Crippen LogP contribution in [0, 0.1) is 6.92 Å². The van der Waals surface area contributed by atoms with Crippen LogP contribution >= 0.6 is 0 Å². The van der Waals surface area contributed by atoms with Crippen molar-refractivity contribution in [1.29, 1.82) is 0 Å².